The maximum Gasteiger partial charge on any atom is 0.353 e. The van der Waals surface area contributed by atoms with E-state index in [1.165, 1.54) is 103 Å². The molecule has 7 aliphatic heterocycles. The molecule has 0 radical (unpaired) electrons. The van der Waals surface area contributed by atoms with Gasteiger partial charge in [-0.05, 0) is 41.8 Å². The Bertz CT molecular complexity index is 3850. The Hall–Kier alpha value is -7.74. The van der Waals surface area contributed by atoms with Crippen LogP contribution in [0.25, 0.3) is 0 Å². The van der Waals surface area contributed by atoms with Gasteiger partial charge in [0.2, 0.25) is 17.7 Å². The van der Waals surface area contributed by atoms with E-state index < -0.39 is 87.5 Å². The molecule has 91 heavy (non-hydrogen) atoms. The fourth-order valence-corrected chi connectivity index (χ4v) is 18.2. The number of carboxylic acids is 3. The van der Waals surface area contributed by atoms with Crippen LogP contribution in [-0.4, -0.2) is 246 Å². The highest BCUT2D eigenvalue weighted by atomic mass is 32.2. The normalized spacial score (nSPS) is 24.3. The first kappa shape index (κ1) is 67.6. The monoisotopic (exact) mass is 1390 g/mol. The van der Waals surface area contributed by atoms with Crippen molar-refractivity contribution in [2.24, 2.45) is 24.0 Å². The maximum absolute atomic E-state index is 12.9. The van der Waals surface area contributed by atoms with Gasteiger partial charge in [-0.3, -0.25) is 57.9 Å². The molecule has 0 aliphatic carbocycles. The first-order valence-electron chi connectivity index (χ1n) is 27.0. The molecule has 42 heteroatoms. The maximum atomic E-state index is 12.9. The van der Waals surface area contributed by atoms with Crippen molar-refractivity contribution in [2.45, 2.75) is 89.5 Å². The molecule has 0 aromatic carbocycles. The number of aliphatic hydroxyl groups is 1. The minimum Gasteiger partial charge on any atom is -0.477 e. The van der Waals surface area contributed by atoms with Crippen LogP contribution >= 0.6 is 81.5 Å². The number of aromatic amines is 1. The number of carbonyl (C=O) groups is 9. The van der Waals surface area contributed by atoms with Crippen molar-refractivity contribution in [3.63, 3.8) is 0 Å². The number of anilines is 1. The number of nitrogens with one attached hydrogen (secondary N) is 4. The van der Waals surface area contributed by atoms with Crippen molar-refractivity contribution in [3.05, 3.63) is 76.3 Å². The number of hydrogen-bond acceptors (Lipinski definition) is 30. The molecule has 35 nitrogen and oxygen atoms in total. The quantitative estimate of drug-likeness (QED) is 0.0145. The Morgan fingerprint density at radius 1 is 0.890 bits per heavy atom. The summed E-state index contributed by atoms with van der Waals surface area (Å²) in [5, 5.41) is 73.6. The smallest absolute Gasteiger partial charge is 0.353 e. The number of carbonyl (C=O) groups excluding carboxylic acids is 6. The predicted octanol–water partition coefficient (Wildman–Crippen LogP) is -2.56. The molecule has 7 aliphatic rings. The summed E-state index contributed by atoms with van der Waals surface area (Å²) in [6.45, 7) is 5.80. The van der Waals surface area contributed by atoms with E-state index >= 15 is 0 Å². The summed E-state index contributed by atoms with van der Waals surface area (Å²) in [6, 6.07) is -2.34. The van der Waals surface area contributed by atoms with Gasteiger partial charge in [-0.15, -0.1) is 61.9 Å². The number of aliphatic carboxylic acids is 3. The number of amides is 6. The second kappa shape index (κ2) is 28.4. The third-order valence-electron chi connectivity index (χ3n) is 14.6. The van der Waals surface area contributed by atoms with E-state index in [0.717, 1.165) is 37.3 Å². The Balaban J connectivity index is 0.000000164. The van der Waals surface area contributed by atoms with Crippen LogP contribution < -0.4 is 32.8 Å². The van der Waals surface area contributed by atoms with E-state index in [1.54, 1.807) is 25.9 Å². The highest BCUT2D eigenvalue weighted by Gasteiger charge is 2.61. The van der Waals surface area contributed by atoms with Gasteiger partial charge in [-0.1, -0.05) is 46.9 Å². The van der Waals surface area contributed by atoms with E-state index in [-0.39, 0.29) is 91.9 Å². The van der Waals surface area contributed by atoms with Crippen molar-refractivity contribution in [3.8, 4) is 0 Å². The van der Waals surface area contributed by atoms with Crippen LogP contribution in [0.15, 0.2) is 69.1 Å². The molecule has 6 amide bonds. The standard InChI is InChI=1S/C18H18N8O7S3.C17H25N3O5S.C14H14N8O4S3/c1-25-18(22-12(28)13(29)23-25)36-4-6-3-34-15-9(14(30)26(15)10(6)16(31)32)21-11(27)8(24-33-2)7-5-35-17(19)20-7;1-7-12-11(8(2)21)16(23)20(12)13(17(24)25)14(7)26-9-5-10(18-6-9)15(22)19(3)4;1-6-17-18-14(29-6)28-4-7-3-27-12-9(11(24)22(12)10(7)13(25)26)16-8(23)2-21-5-15-19-20-21/h5,9,15H,3-4H2,1-2H3,(H2,19,20)(H,21,27)(H,23,29)(H,31,32);7-12,18,21H,5-6H2,1-4H3,(H,24,25);5,9,12H,2-4H2,1H3,(H,16,23)(H,25,26)/b24-8-;;/t9-,15-;7-,8-,9+,10+,11-,12-;9-,12-/m111/s1. The van der Waals surface area contributed by atoms with Gasteiger partial charge in [-0.25, -0.2) is 24.0 Å². The van der Waals surface area contributed by atoms with Gasteiger partial charge < -0.3 is 56.7 Å². The number of β-lactam (4-membered cyclic amide) rings is 3. The topological polar surface area (TPSA) is 481 Å². The fourth-order valence-electron chi connectivity index (χ4n) is 10.5. The van der Waals surface area contributed by atoms with Gasteiger partial charge in [0.25, 0.3) is 17.7 Å². The molecule has 0 saturated carbocycles. The summed E-state index contributed by atoms with van der Waals surface area (Å²) < 4.78 is 3.23. The van der Waals surface area contributed by atoms with Gasteiger partial charge >= 0.3 is 29.0 Å². The lowest BCUT2D eigenvalue weighted by Gasteiger charge is -2.49. The molecule has 4 fully saturated rings. The number of aliphatic hydroxyl groups excluding tert-OH is 1. The fraction of sp³-hybridized carbons (Fsp3) is 0.490. The molecule has 486 valence electrons. The number of aryl methyl sites for hydroxylation is 2. The largest absolute Gasteiger partial charge is 0.477 e. The molecule has 4 aromatic rings. The van der Waals surface area contributed by atoms with Crippen LogP contribution in [0.3, 0.4) is 0 Å². The molecule has 0 bridgehead atoms. The summed E-state index contributed by atoms with van der Waals surface area (Å²) in [6.07, 6.45) is 1.10. The lowest BCUT2D eigenvalue weighted by Crippen LogP contribution is -2.71. The summed E-state index contributed by atoms with van der Waals surface area (Å²) in [7, 11) is 6.16. The molecular formula is C49H57N19O16S7. The van der Waals surface area contributed by atoms with Crippen molar-refractivity contribution >= 4 is 146 Å². The summed E-state index contributed by atoms with van der Waals surface area (Å²) in [4.78, 5) is 152. The third kappa shape index (κ3) is 14.2. The van der Waals surface area contributed by atoms with Crippen LogP contribution in [0.1, 0.15) is 31.0 Å². The molecule has 4 saturated heterocycles. The van der Waals surface area contributed by atoms with Crippen molar-refractivity contribution in [2.75, 3.05) is 56.5 Å². The number of likely N-dealkylation sites (N-methyl/N-ethyl adjacent to an activating group) is 1. The number of nitrogen functional groups attached to an aromatic ring is 1. The molecule has 10 N–H and O–H groups in total. The average Bonchev–Trinajstić information content (AvgIpc) is 1.67. The average molecular weight is 1390 g/mol. The lowest BCUT2D eigenvalue weighted by atomic mass is 9.79. The van der Waals surface area contributed by atoms with E-state index in [1.807, 2.05) is 13.8 Å². The van der Waals surface area contributed by atoms with Gasteiger partial charge in [0, 0.05) is 72.2 Å². The number of nitrogens with zero attached hydrogens (tertiary/aromatic N) is 14. The van der Waals surface area contributed by atoms with Gasteiger partial charge in [-0.2, -0.15) is 4.98 Å². The number of aromatic nitrogens is 10. The summed E-state index contributed by atoms with van der Waals surface area (Å²) in [5.41, 5.74) is 4.66. The van der Waals surface area contributed by atoms with Crippen molar-refractivity contribution in [1.82, 2.24) is 85.7 Å². The Morgan fingerprint density at radius 3 is 2.05 bits per heavy atom. The molecule has 11 rings (SSSR count). The highest BCUT2D eigenvalue weighted by Crippen LogP contribution is 2.52. The minimum atomic E-state index is -1.31. The number of H-pyrrole nitrogens is 1. The predicted molar refractivity (Wildman–Crippen MR) is 330 cm³/mol. The van der Waals surface area contributed by atoms with Crippen molar-refractivity contribution < 1.29 is 68.4 Å². The van der Waals surface area contributed by atoms with Gasteiger partial charge in [0.05, 0.1) is 24.1 Å². The van der Waals surface area contributed by atoms with Crippen LogP contribution in [-0.2, 0) is 61.6 Å². The number of thiazole rings is 1. The molecule has 0 unspecified atom stereocenters. The first-order valence-corrected chi connectivity index (χ1v) is 33.6. The van der Waals surface area contributed by atoms with E-state index in [9.17, 15) is 73.2 Å². The van der Waals surface area contributed by atoms with Gasteiger partial charge in [0.15, 0.2) is 20.3 Å². The first-order chi connectivity index (χ1) is 43.2. The van der Waals surface area contributed by atoms with Crippen LogP contribution in [0.2, 0.25) is 0 Å². The number of fused-ring (bicyclic) bond motifs is 3. The van der Waals surface area contributed by atoms with Crippen molar-refractivity contribution in [1.29, 1.82) is 0 Å². The summed E-state index contributed by atoms with van der Waals surface area (Å²) in [5.74, 6) is -5.62. The SMILES string of the molecule is CO/N=C(\C(=O)N[C@@H]1C(=O)N2C(C(=O)O)=C(CSc3nc(=O)c(=O)[nH]n3C)CS[C@H]12)c1csc(N)n1.C[C@@H](O)[C@H]1C(=O)N2C(C(=O)O)=C(S[C@@H]3CN[C@H](C(=O)N(C)C)C3)[C@H](C)[C@H]12.Cc1nnc(SCC2=C(C(=O)O)N3C(=O)[C@@H](NC(=O)Cn4cnnn4)[C@H]3SC2)s1. The van der Waals surface area contributed by atoms with Gasteiger partial charge in [0.1, 0.15) is 70.6 Å². The number of nitrogens with two attached hydrogens (primary N) is 1. The second-order valence-electron chi connectivity index (χ2n) is 20.8. The lowest BCUT2D eigenvalue weighted by molar-refractivity contribution is -0.163. The zero-order valence-electron chi connectivity index (χ0n) is 48.8. The Labute approximate surface area is 542 Å². The van der Waals surface area contributed by atoms with E-state index in [2.05, 4.69) is 61.9 Å². The van der Waals surface area contributed by atoms with Crippen LogP contribution in [0, 0.1) is 18.8 Å². The van der Waals surface area contributed by atoms with Crippen LogP contribution in [0.5, 0.6) is 0 Å². The third-order valence-corrected chi connectivity index (χ3v) is 22.6. The molecule has 10 atom stereocenters. The number of oxime groups is 1. The number of tetrazole rings is 1. The molecule has 0 spiro atoms. The molecule has 4 aromatic heterocycles. The molecule has 11 heterocycles. The summed E-state index contributed by atoms with van der Waals surface area (Å²) >= 11 is 9.10. The number of hydrogen-bond donors (Lipinski definition) is 9. The molecular weight excluding hydrogens is 1340 g/mol. The van der Waals surface area contributed by atoms with E-state index in [0.29, 0.717) is 40.5 Å². The zero-order valence-corrected chi connectivity index (χ0v) is 54.5. The number of rotatable bonds is 20. The number of thioether (sulfide) groups is 5. The highest BCUT2D eigenvalue weighted by molar-refractivity contribution is 8.03. The zero-order chi connectivity index (χ0) is 66.0. The Kier molecular flexibility index (Phi) is 21.1. The number of carboxylic acid groups (broad SMARTS) is 3. The Morgan fingerprint density at radius 2 is 1.52 bits per heavy atom. The van der Waals surface area contributed by atoms with Crippen LogP contribution in [0.4, 0.5) is 5.13 Å². The minimum absolute atomic E-state index is 0.00757. The second-order valence-corrected chi connectivity index (χ2v) is 28.6. The van der Waals surface area contributed by atoms with E-state index in [4.69, 9.17) is 10.6 Å².